The maximum absolute atomic E-state index is 12.8. The summed E-state index contributed by atoms with van der Waals surface area (Å²) >= 11 is 26.7. The lowest BCUT2D eigenvalue weighted by atomic mass is 9.78. The van der Waals surface area contributed by atoms with Gasteiger partial charge in [0, 0.05) is 85.4 Å². The van der Waals surface area contributed by atoms with Crippen molar-refractivity contribution in [3.05, 3.63) is 66.6 Å². The smallest absolute Gasteiger partial charge is 0.273 e. The van der Waals surface area contributed by atoms with Crippen LogP contribution in [0.5, 0.6) is 0 Å². The largest absolute Gasteiger partial charge is 0.285 e. The number of fused-ring (bicyclic) bond motifs is 2. The van der Waals surface area contributed by atoms with Crippen LogP contribution in [0.4, 0.5) is 0 Å². The van der Waals surface area contributed by atoms with E-state index in [-0.39, 0.29) is 85.4 Å². The zero-order valence-electron chi connectivity index (χ0n) is 17.3. The average molecular weight is 554 g/mol. The molecule has 0 atom stereocenters. The molecule has 0 N–H and O–H groups in total. The van der Waals surface area contributed by atoms with E-state index >= 15 is 0 Å². The molecule has 0 spiro atoms. The highest BCUT2D eigenvalue weighted by Gasteiger charge is 2.40. The second kappa shape index (κ2) is 6.66. The van der Waals surface area contributed by atoms with Crippen molar-refractivity contribution in [2.24, 2.45) is 0 Å². The molecule has 6 nitrogen and oxygen atoms in total. The van der Waals surface area contributed by atoms with Crippen molar-refractivity contribution >= 4 is 124 Å². The molecular formula is C26H4Cl4O6. The van der Waals surface area contributed by atoms with E-state index < -0.39 is 34.7 Å². The van der Waals surface area contributed by atoms with Crippen LogP contribution in [0.25, 0.3) is 43.1 Å². The van der Waals surface area contributed by atoms with Gasteiger partial charge in [-0.25, -0.2) is 0 Å². The van der Waals surface area contributed by atoms with Gasteiger partial charge in [0.1, 0.15) is 0 Å². The standard InChI is InChI=1S/C26H4Cl4O6/c27-9-1-5-13-6(22(32)25(35)21(5)31)2-11(29)17-18-12(30)4-8-14-7(23(33)26(36)24(8)34)3-10(28)16(20(14)18)15(9)19(13)17/h1-4H. The van der Waals surface area contributed by atoms with Crippen molar-refractivity contribution in [2.45, 2.75) is 0 Å². The molecule has 0 heterocycles. The molecule has 0 bridgehead atoms. The van der Waals surface area contributed by atoms with Crippen LogP contribution in [0, 0.1) is 0 Å². The molecule has 5 aromatic rings. The van der Waals surface area contributed by atoms with Gasteiger partial charge in [-0.1, -0.05) is 46.4 Å². The van der Waals surface area contributed by atoms with Crippen molar-refractivity contribution < 1.29 is 28.8 Å². The highest BCUT2D eigenvalue weighted by molar-refractivity contribution is 6.76. The molecule has 10 heteroatoms. The number of carbonyl (C=O) groups excluding carboxylic acids is 6. The third kappa shape index (κ3) is 2.27. The van der Waals surface area contributed by atoms with E-state index in [1.54, 1.807) is 0 Å². The molecular weight excluding hydrogens is 550 g/mol. The molecule has 0 unspecified atom stereocenters. The summed E-state index contributed by atoms with van der Waals surface area (Å²) in [6.07, 6.45) is 0. The summed E-state index contributed by atoms with van der Waals surface area (Å²) in [6, 6.07) is 5.13. The normalized spacial score (nSPS) is 15.6. The molecule has 0 aromatic heterocycles. The van der Waals surface area contributed by atoms with E-state index in [0.717, 1.165) is 0 Å². The highest BCUT2D eigenvalue weighted by atomic mass is 35.5. The minimum Gasteiger partial charge on any atom is -0.285 e. The van der Waals surface area contributed by atoms with Gasteiger partial charge < -0.3 is 0 Å². The minimum absolute atomic E-state index is 0.0244. The first kappa shape index (κ1) is 21.8. The first-order valence-electron chi connectivity index (χ1n) is 10.3. The van der Waals surface area contributed by atoms with Crippen LogP contribution < -0.4 is 0 Å². The Morgan fingerprint density at radius 2 is 0.528 bits per heavy atom. The van der Waals surface area contributed by atoms with Crippen LogP contribution in [0.2, 0.25) is 20.1 Å². The Morgan fingerprint density at radius 1 is 0.306 bits per heavy atom. The zero-order chi connectivity index (χ0) is 25.5. The Morgan fingerprint density at radius 3 is 0.750 bits per heavy atom. The van der Waals surface area contributed by atoms with E-state index in [4.69, 9.17) is 46.4 Å². The van der Waals surface area contributed by atoms with Crippen molar-refractivity contribution in [1.29, 1.82) is 0 Å². The van der Waals surface area contributed by atoms with Crippen molar-refractivity contribution in [1.82, 2.24) is 0 Å². The summed E-state index contributed by atoms with van der Waals surface area (Å²) in [4.78, 5) is 75.8. The Labute approximate surface area is 218 Å². The molecule has 0 saturated carbocycles. The Balaban J connectivity index is 1.91. The second-order valence-electron chi connectivity index (χ2n) is 8.60. The van der Waals surface area contributed by atoms with Crippen LogP contribution >= 0.6 is 46.4 Å². The first-order valence-corrected chi connectivity index (χ1v) is 11.8. The fourth-order valence-corrected chi connectivity index (χ4v) is 6.72. The lowest BCUT2D eigenvalue weighted by Crippen LogP contribution is -2.29. The average Bonchev–Trinajstić information content (AvgIpc) is 2.84. The summed E-state index contributed by atoms with van der Waals surface area (Å²) in [7, 11) is 0. The molecule has 0 fully saturated rings. The van der Waals surface area contributed by atoms with Crippen LogP contribution in [-0.4, -0.2) is 34.7 Å². The molecule has 2 aliphatic carbocycles. The molecule has 7 rings (SSSR count). The molecule has 172 valence electrons. The molecule has 2 aliphatic rings. The number of Topliss-reactive ketones (excluding diaryl/α,β-unsaturated/α-hetero) is 6. The van der Waals surface area contributed by atoms with Gasteiger partial charge in [0.25, 0.3) is 11.6 Å². The van der Waals surface area contributed by atoms with E-state index in [9.17, 15) is 28.8 Å². The topological polar surface area (TPSA) is 102 Å². The van der Waals surface area contributed by atoms with Gasteiger partial charge in [0.15, 0.2) is 0 Å². The lowest BCUT2D eigenvalue weighted by Gasteiger charge is -2.25. The summed E-state index contributed by atoms with van der Waals surface area (Å²) in [6.45, 7) is 0. The number of benzene rings is 5. The molecule has 36 heavy (non-hydrogen) atoms. The maximum Gasteiger partial charge on any atom is 0.273 e. The summed E-state index contributed by atoms with van der Waals surface area (Å²) in [5.74, 6) is -6.42. The maximum atomic E-state index is 12.8. The SMILES string of the molecule is O=C1C(=O)c2cc(Cl)c3c4c(Cl)cc5c6c(cc(Cl)c(c7c(Cl)cc(c2c37)C1=O)c64)C(=O)C(=O)C5=O. The van der Waals surface area contributed by atoms with Crippen molar-refractivity contribution in [3.63, 3.8) is 0 Å². The molecule has 0 amide bonds. The van der Waals surface area contributed by atoms with Gasteiger partial charge in [-0.3, -0.25) is 28.8 Å². The van der Waals surface area contributed by atoms with Gasteiger partial charge in [-0.2, -0.15) is 0 Å². The molecule has 0 aliphatic heterocycles. The zero-order valence-corrected chi connectivity index (χ0v) is 20.3. The molecule has 5 aromatic carbocycles. The predicted molar refractivity (Wildman–Crippen MR) is 135 cm³/mol. The van der Waals surface area contributed by atoms with E-state index in [2.05, 4.69) is 0 Å². The summed E-state index contributed by atoms with van der Waals surface area (Å²) < 4.78 is 0. The quantitative estimate of drug-likeness (QED) is 0.128. The predicted octanol–water partition coefficient (Wildman–Crippen LogP) is 6.25. The molecule has 0 saturated heterocycles. The van der Waals surface area contributed by atoms with Gasteiger partial charge in [0.2, 0.25) is 23.1 Å². The van der Waals surface area contributed by atoms with Crippen molar-refractivity contribution in [3.8, 4) is 0 Å². The highest BCUT2D eigenvalue weighted by Crippen LogP contribution is 2.53. The summed E-state index contributed by atoms with van der Waals surface area (Å²) in [5, 5.41) is 2.19. The van der Waals surface area contributed by atoms with E-state index in [1.165, 1.54) is 24.3 Å². The van der Waals surface area contributed by atoms with Gasteiger partial charge >= 0.3 is 0 Å². The number of carbonyl (C=O) groups is 6. The summed E-state index contributed by atoms with van der Waals surface area (Å²) in [5.41, 5.74) is -0.246. The third-order valence-corrected chi connectivity index (χ3v) is 8.11. The number of halogens is 4. The Hall–Kier alpha value is -3.42. The van der Waals surface area contributed by atoms with Crippen molar-refractivity contribution in [2.75, 3.05) is 0 Å². The fourth-order valence-electron chi connectivity index (χ4n) is 5.53. The van der Waals surface area contributed by atoms with E-state index in [0.29, 0.717) is 0 Å². The van der Waals surface area contributed by atoms with Crippen LogP contribution in [-0.2, 0) is 9.59 Å². The first-order chi connectivity index (χ1) is 17.0. The minimum atomic E-state index is -1.20. The van der Waals surface area contributed by atoms with Gasteiger partial charge in [-0.05, 0) is 24.3 Å². The van der Waals surface area contributed by atoms with Gasteiger partial charge in [0.05, 0.1) is 0 Å². The lowest BCUT2D eigenvalue weighted by molar-refractivity contribution is -0.112. The van der Waals surface area contributed by atoms with E-state index in [1.807, 2.05) is 0 Å². The number of hydrogen-bond acceptors (Lipinski definition) is 6. The second-order valence-corrected chi connectivity index (χ2v) is 10.2. The molecule has 0 radical (unpaired) electrons. The monoisotopic (exact) mass is 552 g/mol. The number of ketones is 6. The number of rotatable bonds is 0. The van der Waals surface area contributed by atoms with Crippen LogP contribution in [0.1, 0.15) is 41.4 Å². The Bertz CT molecular complexity index is 1800. The van der Waals surface area contributed by atoms with Gasteiger partial charge in [-0.15, -0.1) is 0 Å². The van der Waals surface area contributed by atoms with Crippen LogP contribution in [0.15, 0.2) is 24.3 Å². The third-order valence-electron chi connectivity index (χ3n) is 6.92. The van der Waals surface area contributed by atoms with Crippen LogP contribution in [0.3, 0.4) is 0 Å². The number of hydrogen-bond donors (Lipinski definition) is 0. The Kier molecular flexibility index (Phi) is 4.04. The fraction of sp³-hybridized carbons (Fsp3) is 0.